The molecule has 1 fully saturated rings. The van der Waals surface area contributed by atoms with Crippen LogP contribution in [0.1, 0.15) is 25.3 Å². The number of benzene rings is 1. The lowest BCUT2D eigenvalue weighted by molar-refractivity contribution is -0.145. The largest absolute Gasteiger partial charge is 0.497 e. The number of carbonyl (C=O) groups is 1. The van der Waals surface area contributed by atoms with Crippen LogP contribution < -0.4 is 4.74 Å². The molecule has 4 heteroatoms. The first-order valence-corrected chi connectivity index (χ1v) is 7.01. The van der Waals surface area contributed by atoms with Crippen LogP contribution in [0.4, 0.5) is 0 Å². The molecular formula is C16H23NO3. The van der Waals surface area contributed by atoms with Gasteiger partial charge < -0.3 is 14.4 Å². The Bertz CT molecular complexity index is 449. The minimum atomic E-state index is -0.278. The van der Waals surface area contributed by atoms with Crippen molar-refractivity contribution in [1.82, 2.24) is 4.90 Å². The van der Waals surface area contributed by atoms with Crippen molar-refractivity contribution in [1.29, 1.82) is 0 Å². The Morgan fingerprint density at radius 1 is 1.30 bits per heavy atom. The summed E-state index contributed by atoms with van der Waals surface area (Å²) in [5.74, 6) is 1.04. The van der Waals surface area contributed by atoms with E-state index in [1.807, 2.05) is 43.1 Å². The van der Waals surface area contributed by atoms with Crippen LogP contribution in [0, 0.1) is 5.41 Å². The summed E-state index contributed by atoms with van der Waals surface area (Å²) in [6.07, 6.45) is 1.61. The molecule has 1 aliphatic heterocycles. The lowest BCUT2D eigenvalue weighted by Gasteiger charge is -2.35. The Morgan fingerprint density at radius 3 is 2.45 bits per heavy atom. The summed E-state index contributed by atoms with van der Waals surface area (Å²) in [5, 5.41) is 0. The maximum absolute atomic E-state index is 12.6. The van der Waals surface area contributed by atoms with E-state index in [-0.39, 0.29) is 11.3 Å². The molecule has 20 heavy (non-hydrogen) atoms. The molecule has 0 aromatic heterocycles. The second-order valence-electron chi connectivity index (χ2n) is 5.68. The first-order chi connectivity index (χ1) is 9.55. The lowest BCUT2D eigenvalue weighted by Crippen LogP contribution is -2.43. The normalized spacial score (nSPS) is 17.6. The van der Waals surface area contributed by atoms with Crippen LogP contribution in [0.2, 0.25) is 0 Å². The smallest absolute Gasteiger partial charge is 0.228 e. The van der Waals surface area contributed by atoms with Crippen LogP contribution in [-0.2, 0) is 16.1 Å². The van der Waals surface area contributed by atoms with Crippen LogP contribution in [0.25, 0.3) is 0 Å². The summed E-state index contributed by atoms with van der Waals surface area (Å²) in [4.78, 5) is 14.4. The Hall–Kier alpha value is -1.55. The third-order valence-electron chi connectivity index (χ3n) is 4.04. The fourth-order valence-electron chi connectivity index (χ4n) is 2.57. The van der Waals surface area contributed by atoms with Gasteiger partial charge in [-0.05, 0) is 30.5 Å². The van der Waals surface area contributed by atoms with Gasteiger partial charge in [0.25, 0.3) is 0 Å². The van der Waals surface area contributed by atoms with E-state index in [0.717, 1.165) is 24.2 Å². The molecule has 1 aromatic carbocycles. The number of ether oxygens (including phenoxy) is 2. The van der Waals surface area contributed by atoms with Crippen LogP contribution in [-0.4, -0.2) is 38.2 Å². The van der Waals surface area contributed by atoms with Gasteiger partial charge in [0.1, 0.15) is 5.75 Å². The van der Waals surface area contributed by atoms with Crippen molar-refractivity contribution in [2.75, 3.05) is 27.4 Å². The summed E-state index contributed by atoms with van der Waals surface area (Å²) in [6.45, 7) is 4.03. The predicted molar refractivity (Wildman–Crippen MR) is 77.6 cm³/mol. The van der Waals surface area contributed by atoms with Crippen molar-refractivity contribution in [2.24, 2.45) is 5.41 Å². The van der Waals surface area contributed by atoms with E-state index < -0.39 is 0 Å². The molecule has 0 bridgehead atoms. The molecule has 110 valence electrons. The Balaban J connectivity index is 1.99. The van der Waals surface area contributed by atoms with Crippen molar-refractivity contribution in [2.45, 2.75) is 26.3 Å². The molecule has 0 radical (unpaired) electrons. The van der Waals surface area contributed by atoms with Crippen LogP contribution in [0.3, 0.4) is 0 Å². The average molecular weight is 277 g/mol. The number of rotatable bonds is 4. The highest BCUT2D eigenvalue weighted by Gasteiger charge is 2.36. The maximum atomic E-state index is 12.6. The molecule has 4 nitrogen and oxygen atoms in total. The van der Waals surface area contributed by atoms with Crippen LogP contribution in [0.5, 0.6) is 5.75 Å². The first-order valence-electron chi connectivity index (χ1n) is 7.01. The number of hydrogen-bond acceptors (Lipinski definition) is 3. The van der Waals surface area contributed by atoms with E-state index >= 15 is 0 Å². The van der Waals surface area contributed by atoms with Crippen LogP contribution in [0.15, 0.2) is 24.3 Å². The standard InChI is InChI=1S/C16H23NO3/c1-16(8-10-20-11-9-16)15(18)17(2)12-13-4-6-14(19-3)7-5-13/h4-7H,8-12H2,1-3H3. The van der Waals surface area contributed by atoms with E-state index in [1.165, 1.54) is 0 Å². The summed E-state index contributed by atoms with van der Waals surface area (Å²) >= 11 is 0. The highest BCUT2D eigenvalue weighted by molar-refractivity contribution is 5.82. The zero-order valence-electron chi connectivity index (χ0n) is 12.5. The van der Waals surface area contributed by atoms with Crippen molar-refractivity contribution in [3.63, 3.8) is 0 Å². The van der Waals surface area contributed by atoms with Gasteiger partial charge in [-0.25, -0.2) is 0 Å². The monoisotopic (exact) mass is 277 g/mol. The molecule has 1 amide bonds. The zero-order valence-corrected chi connectivity index (χ0v) is 12.5. The SMILES string of the molecule is COc1ccc(CN(C)C(=O)C2(C)CCOCC2)cc1. The quantitative estimate of drug-likeness (QED) is 0.848. The summed E-state index contributed by atoms with van der Waals surface area (Å²) in [6, 6.07) is 7.83. The summed E-state index contributed by atoms with van der Waals surface area (Å²) < 4.78 is 10.5. The fourth-order valence-corrected chi connectivity index (χ4v) is 2.57. The predicted octanol–water partition coefficient (Wildman–Crippen LogP) is 2.47. The molecule has 0 atom stereocenters. The Labute approximate surface area is 120 Å². The van der Waals surface area contributed by atoms with Gasteiger partial charge in [-0.3, -0.25) is 4.79 Å². The molecule has 0 aliphatic carbocycles. The third kappa shape index (κ3) is 3.31. The van der Waals surface area contributed by atoms with Gasteiger partial charge in [0.15, 0.2) is 0 Å². The van der Waals surface area contributed by atoms with E-state index in [4.69, 9.17) is 9.47 Å². The summed E-state index contributed by atoms with van der Waals surface area (Å²) in [7, 11) is 3.52. The highest BCUT2D eigenvalue weighted by Crippen LogP contribution is 2.32. The molecular weight excluding hydrogens is 254 g/mol. The van der Waals surface area contributed by atoms with Crippen molar-refractivity contribution >= 4 is 5.91 Å². The minimum absolute atomic E-state index is 0.205. The zero-order chi connectivity index (χ0) is 14.6. The molecule has 1 aliphatic rings. The number of carbonyl (C=O) groups excluding carboxylic acids is 1. The van der Waals surface area contributed by atoms with Gasteiger partial charge >= 0.3 is 0 Å². The second-order valence-corrected chi connectivity index (χ2v) is 5.68. The van der Waals surface area contributed by atoms with Gasteiger partial charge in [-0.15, -0.1) is 0 Å². The van der Waals surface area contributed by atoms with E-state index in [1.54, 1.807) is 7.11 Å². The third-order valence-corrected chi connectivity index (χ3v) is 4.04. The maximum Gasteiger partial charge on any atom is 0.228 e. The second kappa shape index (κ2) is 6.27. The molecule has 1 heterocycles. The van der Waals surface area contributed by atoms with E-state index in [0.29, 0.717) is 19.8 Å². The number of nitrogens with zero attached hydrogens (tertiary/aromatic N) is 1. The van der Waals surface area contributed by atoms with E-state index in [2.05, 4.69) is 0 Å². The number of methoxy groups -OCH3 is 1. The highest BCUT2D eigenvalue weighted by atomic mass is 16.5. The average Bonchev–Trinajstić information content (AvgIpc) is 2.48. The molecule has 0 N–H and O–H groups in total. The fraction of sp³-hybridized carbons (Fsp3) is 0.562. The number of amides is 1. The van der Waals surface area contributed by atoms with E-state index in [9.17, 15) is 4.79 Å². The van der Waals surface area contributed by atoms with Crippen LogP contribution >= 0.6 is 0 Å². The van der Waals surface area contributed by atoms with Crippen molar-refractivity contribution in [3.8, 4) is 5.75 Å². The first kappa shape index (κ1) is 14.9. The molecule has 2 rings (SSSR count). The molecule has 1 saturated heterocycles. The molecule has 0 spiro atoms. The number of hydrogen-bond donors (Lipinski definition) is 0. The van der Waals surface area contributed by atoms with Gasteiger partial charge in [0.05, 0.1) is 12.5 Å². The summed E-state index contributed by atoms with van der Waals surface area (Å²) in [5.41, 5.74) is 0.830. The van der Waals surface area contributed by atoms with Gasteiger partial charge in [0.2, 0.25) is 5.91 Å². The van der Waals surface area contributed by atoms with Crippen molar-refractivity contribution in [3.05, 3.63) is 29.8 Å². The molecule has 1 aromatic rings. The van der Waals surface area contributed by atoms with Gasteiger partial charge in [-0.2, -0.15) is 0 Å². The topological polar surface area (TPSA) is 38.8 Å². The Kier molecular flexibility index (Phi) is 4.65. The molecule has 0 unspecified atom stereocenters. The van der Waals surface area contributed by atoms with Gasteiger partial charge in [-0.1, -0.05) is 19.1 Å². The molecule has 0 saturated carbocycles. The minimum Gasteiger partial charge on any atom is -0.497 e. The lowest BCUT2D eigenvalue weighted by atomic mass is 9.81. The van der Waals surface area contributed by atoms with Gasteiger partial charge in [0, 0.05) is 26.8 Å². The van der Waals surface area contributed by atoms with Crippen molar-refractivity contribution < 1.29 is 14.3 Å². The Morgan fingerprint density at radius 2 is 1.90 bits per heavy atom.